The van der Waals surface area contributed by atoms with Crippen LogP contribution in [0.2, 0.25) is 0 Å². The molecule has 0 aromatic heterocycles. The number of ketones is 1. The van der Waals surface area contributed by atoms with E-state index in [0.717, 1.165) is 12.2 Å². The lowest BCUT2D eigenvalue weighted by Crippen LogP contribution is -2.59. The third-order valence-electron chi connectivity index (χ3n) is 17.3. The van der Waals surface area contributed by atoms with Gasteiger partial charge >= 0.3 is 23.7 Å². The number of ether oxygens (including phenoxy) is 11. The average Bonchev–Trinajstić information content (AvgIpc) is 2.07. The molecule has 5 aliphatic rings. The summed E-state index contributed by atoms with van der Waals surface area (Å²) in [6.45, 7) is 29.5. The molecule has 4 aliphatic heterocycles. The topological polar surface area (TPSA) is 315 Å². The van der Waals surface area contributed by atoms with Gasteiger partial charge in [0.2, 0.25) is 0 Å². The van der Waals surface area contributed by atoms with Crippen LogP contribution >= 0.6 is 0 Å². The number of cyclic esters (lactones) is 1. The van der Waals surface area contributed by atoms with E-state index in [1.165, 1.54) is 48.0 Å². The summed E-state index contributed by atoms with van der Waals surface area (Å²) in [4.78, 5) is 72.7. The summed E-state index contributed by atoms with van der Waals surface area (Å²) in [5.41, 5.74) is -3.95. The number of methoxy groups -OCH3 is 2. The molecule has 26 heteroatoms. The van der Waals surface area contributed by atoms with Crippen molar-refractivity contribution in [2.45, 2.75) is 233 Å². The minimum atomic E-state index is -4.55. The first kappa shape index (κ1) is 73.4. The molecule has 1 amide bonds. The highest BCUT2D eigenvalue weighted by atomic mass is 32.2. The van der Waals surface area contributed by atoms with Gasteiger partial charge in [-0.05, 0) is 92.7 Å². The van der Waals surface area contributed by atoms with Crippen molar-refractivity contribution in [2.75, 3.05) is 41.0 Å². The van der Waals surface area contributed by atoms with Gasteiger partial charge in [-0.2, -0.15) is 0 Å². The SMILES string of the molecule is C=C1C[C@@H](C)O[C@@H](O[C@@H]2[C@@H](C)[C@H](O[C@H]3C[C@@H](C)N(C)C[C@H](C)O3)[C@@H](C)C(=O)O[C@H]([C@@H](C)CO[C@@H]3O[C@H](C)[C@@H](O)[C@@H](OC)[C@H]3OC)[C@H](C)[C@@H](OC(=O)CC(C)C)[C@@H](C)C(=O)[C@@](C)(OC(=O)NC(C)(C)CNS(=O)(=O)C3=C([N+](=O)[O-])C=[C+]C=C3)C[C@@H]2C)[C@@H]1O. The Balaban J connectivity index is 1.69. The van der Waals surface area contributed by atoms with Gasteiger partial charge in [0.15, 0.2) is 36.3 Å². The molecule has 0 spiro atoms. The summed E-state index contributed by atoms with van der Waals surface area (Å²) in [7, 11) is 0.276. The molecule has 0 aromatic carbocycles. The number of alkyl carbamates (subject to hydrolysis) is 1. The second-order valence-corrected chi connectivity index (χ2v) is 27.8. The van der Waals surface area contributed by atoms with Crippen molar-refractivity contribution in [3.05, 3.63) is 57.2 Å². The summed E-state index contributed by atoms with van der Waals surface area (Å²) in [6, 6.07) is -0.0378. The normalized spacial score (nSPS) is 37.6. The molecule has 0 aromatic rings. The van der Waals surface area contributed by atoms with E-state index in [1.54, 1.807) is 48.5 Å². The molecule has 0 saturated carbocycles. The van der Waals surface area contributed by atoms with E-state index in [-0.39, 0.29) is 37.5 Å². The first-order valence-corrected chi connectivity index (χ1v) is 31.7. The predicted octanol–water partition coefficient (Wildman–Crippen LogP) is 5.68. The van der Waals surface area contributed by atoms with E-state index in [0.29, 0.717) is 25.0 Å². The Labute approximate surface area is 514 Å². The van der Waals surface area contributed by atoms with Gasteiger partial charge < -0.3 is 72.5 Å². The summed E-state index contributed by atoms with van der Waals surface area (Å²) in [5.74, 6) is -8.34. The number of amides is 1. The van der Waals surface area contributed by atoms with Crippen LogP contribution < -0.4 is 10.0 Å². The molecular weight excluding hydrogens is 1160 g/mol. The monoisotopic (exact) mass is 1260 g/mol. The Bertz CT molecular complexity index is 2600. The van der Waals surface area contributed by atoms with Crippen LogP contribution in [0.25, 0.3) is 0 Å². The number of nitrogens with zero attached hydrogens (tertiary/aromatic N) is 2. The van der Waals surface area contributed by atoms with Gasteiger partial charge in [0.1, 0.15) is 47.6 Å². The van der Waals surface area contributed by atoms with Crippen molar-refractivity contribution in [2.24, 2.45) is 41.4 Å². The number of sulfonamides is 1. The maximum atomic E-state index is 16.0. The maximum Gasteiger partial charge on any atom is 0.408 e. The molecule has 0 bridgehead atoms. The number of nitrogens with one attached hydrogen (secondary N) is 2. The van der Waals surface area contributed by atoms with E-state index < -0.39 is 182 Å². The lowest BCUT2D eigenvalue weighted by Gasteiger charge is -2.45. The van der Waals surface area contributed by atoms with Crippen LogP contribution in [0.15, 0.2) is 41.0 Å². The van der Waals surface area contributed by atoms with Crippen molar-refractivity contribution in [1.82, 2.24) is 14.9 Å². The van der Waals surface area contributed by atoms with Gasteiger partial charge in [-0.1, -0.05) is 55.0 Å². The fraction of sp³-hybridized carbons (Fsp3) is 0.803. The van der Waals surface area contributed by atoms with Crippen LogP contribution in [-0.2, 0) is 76.5 Å². The van der Waals surface area contributed by atoms with E-state index in [9.17, 15) is 38.3 Å². The standard InChI is InChI=1S/C61H98N4O21S/c1-31(2)24-45(66)82-51-39(10)50(34(5)29-78-58-54(77-19)53(76-18)48(68)42(13)81-58)84-56(70)41(12)52(83-46-26-35(6)64(17)28-37(8)79-46)38(9)49(85-57-47(67)32(3)25-36(7)80-57)33(4)27-61(16,55(69)40(51)11)86-59(71)63-60(14,15)30-62-87(74,75)44-23-21-20-22-43(44)65(72)73/h21-23,31,33-42,46-54,57-58,62,67-68H,3,24-30H2,1-2,4-19H3/p+1/t33-,34-,35+,36+,37-,38+,39-,40+,41+,42+,46-,47+,48+,49-,50+,51+,52-,53+,54+,57-,58+,61-/m0/s1. The van der Waals surface area contributed by atoms with E-state index >= 15 is 9.59 Å². The summed E-state index contributed by atoms with van der Waals surface area (Å²) in [5, 5.41) is 37.1. The lowest BCUT2D eigenvalue weighted by atomic mass is 9.74. The van der Waals surface area contributed by atoms with E-state index in [1.807, 2.05) is 34.7 Å². The third-order valence-corrected chi connectivity index (χ3v) is 18.7. The van der Waals surface area contributed by atoms with Crippen molar-refractivity contribution < 1.29 is 94.8 Å². The van der Waals surface area contributed by atoms with Gasteiger partial charge in [-0.25, -0.2) is 28.0 Å². The fourth-order valence-electron chi connectivity index (χ4n) is 12.3. The van der Waals surface area contributed by atoms with Crippen LogP contribution in [0, 0.1) is 57.6 Å². The molecule has 5 rings (SSSR count). The highest BCUT2D eigenvalue weighted by Crippen LogP contribution is 2.41. The first-order chi connectivity index (χ1) is 40.5. The number of likely N-dealkylation sites (N-methyl/N-ethyl adjacent to an activating group) is 1. The number of carbonyl (C=O) groups is 4. The van der Waals surface area contributed by atoms with Gasteiger partial charge in [0.25, 0.3) is 14.9 Å². The zero-order valence-corrected chi connectivity index (χ0v) is 54.9. The van der Waals surface area contributed by atoms with E-state index in [2.05, 4.69) is 27.6 Å². The Morgan fingerprint density at radius 2 is 1.57 bits per heavy atom. The number of carbonyl (C=O) groups excluding carboxylic acids is 4. The highest BCUT2D eigenvalue weighted by Gasteiger charge is 2.53. The molecule has 0 radical (unpaired) electrons. The number of allylic oxidation sites excluding steroid dienone is 4. The van der Waals surface area contributed by atoms with Gasteiger partial charge in [0, 0.05) is 70.0 Å². The van der Waals surface area contributed by atoms with Crippen LogP contribution in [0.3, 0.4) is 0 Å². The molecule has 4 fully saturated rings. The summed E-state index contributed by atoms with van der Waals surface area (Å²) < 4.78 is 99.6. The summed E-state index contributed by atoms with van der Waals surface area (Å²) in [6.07, 6.45) is -8.99. The van der Waals surface area contributed by atoms with Crippen LogP contribution in [0.5, 0.6) is 0 Å². The van der Waals surface area contributed by atoms with Crippen molar-refractivity contribution in [3.63, 3.8) is 0 Å². The molecule has 4 heterocycles. The number of hydrogen-bond donors (Lipinski definition) is 4. The number of esters is 2. The Morgan fingerprint density at radius 1 is 0.920 bits per heavy atom. The second kappa shape index (κ2) is 31.1. The Kier molecular flexibility index (Phi) is 26.2. The molecule has 87 heavy (non-hydrogen) atoms. The number of nitro groups is 1. The number of hydrogen-bond acceptors (Lipinski definition) is 22. The quantitative estimate of drug-likeness (QED) is 0.0285. The Morgan fingerprint density at radius 3 is 2.20 bits per heavy atom. The minimum absolute atomic E-state index is 0.0378. The molecule has 22 atom stereocenters. The highest BCUT2D eigenvalue weighted by molar-refractivity contribution is 7.93. The average molecular weight is 1260 g/mol. The lowest BCUT2D eigenvalue weighted by molar-refractivity contribution is -0.419. The largest absolute Gasteiger partial charge is 0.461 e. The van der Waals surface area contributed by atoms with Crippen molar-refractivity contribution in [3.8, 4) is 0 Å². The molecular formula is C61H99N4O21S+. The smallest absolute Gasteiger partial charge is 0.408 e. The minimum Gasteiger partial charge on any atom is -0.461 e. The number of aliphatic hydroxyl groups is 2. The number of aliphatic hydroxyl groups excluding tert-OH is 2. The molecule has 1 aliphatic carbocycles. The second-order valence-electron chi connectivity index (χ2n) is 26.0. The molecule has 4 N–H and O–H groups in total. The zero-order valence-electron chi connectivity index (χ0n) is 54.0. The Hall–Kier alpha value is -4.38. The van der Waals surface area contributed by atoms with Crippen LogP contribution in [0.4, 0.5) is 4.79 Å². The van der Waals surface area contributed by atoms with E-state index in [4.69, 9.17) is 52.1 Å². The first-order valence-electron chi connectivity index (χ1n) is 30.2. The summed E-state index contributed by atoms with van der Waals surface area (Å²) >= 11 is 0. The van der Waals surface area contributed by atoms with Crippen molar-refractivity contribution >= 4 is 33.8 Å². The number of rotatable bonds is 20. The van der Waals surface area contributed by atoms with Crippen LogP contribution in [-0.4, -0.2) is 196 Å². The van der Waals surface area contributed by atoms with Gasteiger partial charge in [0.05, 0.1) is 60.6 Å². The molecule has 4 saturated heterocycles. The van der Waals surface area contributed by atoms with Gasteiger partial charge in [-0.15, -0.1) is 0 Å². The zero-order chi connectivity index (χ0) is 65.4. The predicted molar refractivity (Wildman–Crippen MR) is 317 cm³/mol. The number of Topliss-reactive ketones (excluding diaryl/α,β-unsaturated/α-hetero) is 1. The van der Waals surface area contributed by atoms with Crippen molar-refractivity contribution in [1.29, 1.82) is 0 Å². The van der Waals surface area contributed by atoms with Crippen LogP contribution in [0.1, 0.15) is 130 Å². The fourth-order valence-corrected chi connectivity index (χ4v) is 13.7. The molecule has 0 unspecified atom stereocenters. The third kappa shape index (κ3) is 18.9. The molecule has 25 nitrogen and oxygen atoms in total. The van der Waals surface area contributed by atoms with Gasteiger partial charge in [-0.3, -0.25) is 14.4 Å². The molecule has 494 valence electrons. The maximum absolute atomic E-state index is 16.0.